The third-order valence-corrected chi connectivity index (χ3v) is 4.87. The first-order chi connectivity index (χ1) is 9.89. The number of carboxylic acids is 1. The van der Waals surface area contributed by atoms with Crippen molar-refractivity contribution in [3.63, 3.8) is 0 Å². The second kappa shape index (κ2) is 6.32. The number of carboxylic acid groups (broad SMARTS) is 1. The zero-order chi connectivity index (χ0) is 15.6. The lowest BCUT2D eigenvalue weighted by Gasteiger charge is -2.22. The summed E-state index contributed by atoms with van der Waals surface area (Å²) in [5, 5.41) is 9.21. The third-order valence-electron chi connectivity index (χ3n) is 4.87. The molecule has 6 nitrogen and oxygen atoms in total. The lowest BCUT2D eigenvalue weighted by molar-refractivity contribution is -0.142. The average Bonchev–Trinajstić information content (AvgIpc) is 3.07. The molecule has 120 valence electrons. The van der Waals surface area contributed by atoms with Crippen molar-refractivity contribution in [2.24, 2.45) is 17.3 Å². The minimum Gasteiger partial charge on any atom is -0.481 e. The second-order valence-corrected chi connectivity index (χ2v) is 6.63. The van der Waals surface area contributed by atoms with Crippen molar-refractivity contribution in [1.29, 1.82) is 0 Å². The van der Waals surface area contributed by atoms with E-state index in [2.05, 4.69) is 4.90 Å². The number of hydrogen-bond donors (Lipinski definition) is 1. The van der Waals surface area contributed by atoms with Gasteiger partial charge in [-0.3, -0.25) is 14.5 Å². The van der Waals surface area contributed by atoms with Crippen LogP contribution in [0.25, 0.3) is 0 Å². The van der Waals surface area contributed by atoms with Crippen LogP contribution >= 0.6 is 0 Å². The van der Waals surface area contributed by atoms with Gasteiger partial charge in [-0.25, -0.2) is 0 Å². The van der Waals surface area contributed by atoms with E-state index in [4.69, 9.17) is 4.74 Å². The van der Waals surface area contributed by atoms with E-state index in [9.17, 15) is 14.7 Å². The largest absolute Gasteiger partial charge is 0.481 e. The fourth-order valence-electron chi connectivity index (χ4n) is 3.39. The molecule has 2 rings (SSSR count). The summed E-state index contributed by atoms with van der Waals surface area (Å²) in [5.41, 5.74) is -0.412. The summed E-state index contributed by atoms with van der Waals surface area (Å²) in [4.78, 5) is 27.9. The van der Waals surface area contributed by atoms with Crippen molar-refractivity contribution in [1.82, 2.24) is 9.80 Å². The zero-order valence-corrected chi connectivity index (χ0v) is 13.2. The van der Waals surface area contributed by atoms with Gasteiger partial charge in [0.1, 0.15) is 0 Å². The molecule has 1 aliphatic heterocycles. The molecule has 1 heterocycles. The van der Waals surface area contributed by atoms with E-state index in [0.717, 1.165) is 32.6 Å². The summed E-state index contributed by atoms with van der Waals surface area (Å²) in [7, 11) is 1.69. The van der Waals surface area contributed by atoms with Gasteiger partial charge in [-0.15, -0.1) is 0 Å². The van der Waals surface area contributed by atoms with Crippen LogP contribution in [0.15, 0.2) is 0 Å². The summed E-state index contributed by atoms with van der Waals surface area (Å²) in [6, 6.07) is 0. The molecule has 1 N–H and O–H groups in total. The molecular formula is C15H26N2O4. The Morgan fingerprint density at radius 3 is 2.48 bits per heavy atom. The van der Waals surface area contributed by atoms with Gasteiger partial charge < -0.3 is 14.7 Å². The number of rotatable bonds is 5. The molecule has 1 aliphatic carbocycles. The van der Waals surface area contributed by atoms with Crippen LogP contribution in [0.5, 0.6) is 0 Å². The van der Waals surface area contributed by atoms with Crippen molar-refractivity contribution < 1.29 is 19.4 Å². The molecule has 0 aromatic rings. The molecule has 1 amide bonds. The number of amides is 1. The van der Waals surface area contributed by atoms with Crippen LogP contribution in [0, 0.1) is 17.3 Å². The van der Waals surface area contributed by atoms with Crippen LogP contribution in [-0.2, 0) is 14.3 Å². The van der Waals surface area contributed by atoms with Crippen LogP contribution in [0.1, 0.15) is 20.3 Å². The van der Waals surface area contributed by atoms with E-state index in [1.807, 2.05) is 18.7 Å². The van der Waals surface area contributed by atoms with Crippen LogP contribution in [0.3, 0.4) is 0 Å². The third kappa shape index (κ3) is 3.37. The Morgan fingerprint density at radius 2 is 1.90 bits per heavy atom. The Labute approximate surface area is 126 Å². The van der Waals surface area contributed by atoms with Gasteiger partial charge in [0.15, 0.2) is 0 Å². The molecule has 2 unspecified atom stereocenters. The van der Waals surface area contributed by atoms with Gasteiger partial charge in [-0.2, -0.15) is 0 Å². The Morgan fingerprint density at radius 1 is 1.19 bits per heavy atom. The Balaban J connectivity index is 1.91. The molecule has 6 heteroatoms. The predicted molar refractivity (Wildman–Crippen MR) is 77.9 cm³/mol. The Hall–Kier alpha value is -1.14. The maximum absolute atomic E-state index is 12.6. The smallest absolute Gasteiger partial charge is 0.307 e. The van der Waals surface area contributed by atoms with Crippen LogP contribution in [0.4, 0.5) is 0 Å². The quantitative estimate of drug-likeness (QED) is 0.801. The first-order valence-corrected chi connectivity index (χ1v) is 7.62. The first-order valence-electron chi connectivity index (χ1n) is 7.62. The minimum absolute atomic E-state index is 0.0148. The first kappa shape index (κ1) is 16.2. The number of carbonyl (C=O) groups excluding carboxylic acids is 1. The van der Waals surface area contributed by atoms with Crippen molar-refractivity contribution in [2.75, 3.05) is 46.4 Å². The van der Waals surface area contributed by atoms with Gasteiger partial charge in [-0.05, 0) is 18.4 Å². The van der Waals surface area contributed by atoms with E-state index in [-0.39, 0.29) is 11.8 Å². The fraction of sp³-hybridized carbons (Fsp3) is 0.867. The molecule has 0 bridgehead atoms. The number of aliphatic carboxylic acids is 1. The molecule has 0 aromatic heterocycles. The molecule has 0 radical (unpaired) electrons. The van der Waals surface area contributed by atoms with Gasteiger partial charge in [0.05, 0.1) is 18.4 Å². The van der Waals surface area contributed by atoms with Gasteiger partial charge in [0.2, 0.25) is 5.91 Å². The molecule has 1 saturated heterocycles. The maximum atomic E-state index is 12.6. The molecule has 0 spiro atoms. The standard InChI is InChI=1S/C15H26N2O4/c1-15(2)11(12(15)14(19)20)13(18)17-6-4-5-16(7-8-17)9-10-21-3/h11-12H,4-10H2,1-3H3,(H,19,20). The van der Waals surface area contributed by atoms with Crippen molar-refractivity contribution >= 4 is 11.9 Å². The highest BCUT2D eigenvalue weighted by atomic mass is 16.5. The van der Waals surface area contributed by atoms with Gasteiger partial charge in [-0.1, -0.05) is 13.8 Å². The average molecular weight is 298 g/mol. The summed E-state index contributed by atoms with van der Waals surface area (Å²) in [6.07, 6.45) is 0.931. The van der Waals surface area contributed by atoms with Gasteiger partial charge >= 0.3 is 5.97 Å². The van der Waals surface area contributed by atoms with E-state index in [1.165, 1.54) is 0 Å². The number of hydrogen-bond acceptors (Lipinski definition) is 4. The van der Waals surface area contributed by atoms with Crippen LogP contribution in [0.2, 0.25) is 0 Å². The Bertz CT molecular complexity index is 410. The maximum Gasteiger partial charge on any atom is 0.307 e. The highest BCUT2D eigenvalue weighted by molar-refractivity contribution is 5.91. The SMILES string of the molecule is COCCN1CCCN(C(=O)C2C(C(=O)O)C2(C)C)CC1. The lowest BCUT2D eigenvalue weighted by atomic mass is 10.1. The summed E-state index contributed by atoms with van der Waals surface area (Å²) < 4.78 is 5.09. The minimum atomic E-state index is -0.852. The summed E-state index contributed by atoms with van der Waals surface area (Å²) in [5.74, 6) is -1.73. The topological polar surface area (TPSA) is 70.1 Å². The molecule has 1 saturated carbocycles. The molecular weight excluding hydrogens is 272 g/mol. The number of carbonyl (C=O) groups is 2. The van der Waals surface area contributed by atoms with E-state index in [1.54, 1.807) is 7.11 Å². The fourth-order valence-corrected chi connectivity index (χ4v) is 3.39. The summed E-state index contributed by atoms with van der Waals surface area (Å²) in [6.45, 7) is 8.52. The van der Waals surface area contributed by atoms with Crippen LogP contribution in [-0.4, -0.2) is 73.2 Å². The highest BCUT2D eigenvalue weighted by Crippen LogP contribution is 2.59. The van der Waals surface area contributed by atoms with Crippen molar-refractivity contribution in [2.45, 2.75) is 20.3 Å². The van der Waals surface area contributed by atoms with E-state index >= 15 is 0 Å². The summed E-state index contributed by atoms with van der Waals surface area (Å²) >= 11 is 0. The molecule has 2 atom stereocenters. The molecule has 0 aromatic carbocycles. The molecule has 21 heavy (non-hydrogen) atoms. The predicted octanol–water partition coefficient (Wildman–Crippen LogP) is 0.524. The monoisotopic (exact) mass is 298 g/mol. The van der Waals surface area contributed by atoms with Gasteiger partial charge in [0, 0.05) is 33.3 Å². The number of methoxy groups -OCH3 is 1. The zero-order valence-electron chi connectivity index (χ0n) is 13.2. The number of nitrogens with zero attached hydrogens (tertiary/aromatic N) is 2. The van der Waals surface area contributed by atoms with Crippen LogP contribution < -0.4 is 0 Å². The van der Waals surface area contributed by atoms with E-state index < -0.39 is 17.3 Å². The van der Waals surface area contributed by atoms with Gasteiger partial charge in [0.25, 0.3) is 0 Å². The normalized spacial score (nSPS) is 29.0. The number of ether oxygens (including phenoxy) is 1. The van der Waals surface area contributed by atoms with Crippen molar-refractivity contribution in [3.8, 4) is 0 Å². The Kier molecular flexibility index (Phi) is 4.88. The second-order valence-electron chi connectivity index (χ2n) is 6.63. The van der Waals surface area contributed by atoms with E-state index in [0.29, 0.717) is 13.2 Å². The molecule has 2 aliphatic rings. The lowest BCUT2D eigenvalue weighted by Crippen LogP contribution is -2.37. The van der Waals surface area contributed by atoms with Crippen molar-refractivity contribution in [3.05, 3.63) is 0 Å². The molecule has 2 fully saturated rings. The highest BCUT2D eigenvalue weighted by Gasteiger charge is 2.66.